The molecular weight excluding hydrogens is 422 g/mol. The molecule has 0 unspecified atom stereocenters. The van der Waals surface area contributed by atoms with Crippen LogP contribution in [0.5, 0.6) is 0 Å². The van der Waals surface area contributed by atoms with Gasteiger partial charge in [0.2, 0.25) is 11.8 Å². The quantitative estimate of drug-likeness (QED) is 0.309. The number of aliphatic hydroxyl groups excluding tert-OH is 1. The van der Waals surface area contributed by atoms with Gasteiger partial charge in [-0.3, -0.25) is 19.3 Å². The van der Waals surface area contributed by atoms with Crippen LogP contribution in [0.4, 0.5) is 0 Å². The second-order valence-electron chi connectivity index (χ2n) is 7.43. The van der Waals surface area contributed by atoms with Crippen LogP contribution < -0.4 is 10.6 Å². The third-order valence-corrected chi connectivity index (χ3v) is 4.97. The van der Waals surface area contributed by atoms with Gasteiger partial charge in [-0.05, 0) is 12.5 Å². The average Bonchev–Trinajstić information content (AvgIpc) is 2.77. The minimum atomic E-state index is -1.65. The topological polar surface area (TPSA) is 154 Å². The van der Waals surface area contributed by atoms with Crippen LogP contribution in [0, 0.1) is 0 Å². The first-order valence-electron chi connectivity index (χ1n) is 10.2. The van der Waals surface area contributed by atoms with E-state index in [1.54, 1.807) is 0 Å². The van der Waals surface area contributed by atoms with Gasteiger partial charge in [-0.15, -0.1) is 0 Å². The van der Waals surface area contributed by atoms with Gasteiger partial charge in [-0.1, -0.05) is 24.3 Å². The molecule has 0 bridgehead atoms. The van der Waals surface area contributed by atoms with Gasteiger partial charge in [0.05, 0.1) is 19.8 Å². The van der Waals surface area contributed by atoms with Crippen molar-refractivity contribution in [1.29, 1.82) is 0 Å². The standard InChI is InChI=1S/C21H29N3O8/c1-13(22-17(26)11-24-7-9-32-10-8-24)20(28)23-18(21(29)30)19(27)15-5-3-14(4-6-15)16(25)12-31-2/h3-6,13,18-19,27H,7-12H2,1-2H3,(H,22,26)(H,23,28)(H,29,30)/t13-,18-,19+/m0/s1. The summed E-state index contributed by atoms with van der Waals surface area (Å²) < 4.78 is 9.99. The van der Waals surface area contributed by atoms with Crippen LogP contribution in [0.1, 0.15) is 28.9 Å². The molecule has 1 aliphatic rings. The number of benzene rings is 1. The van der Waals surface area contributed by atoms with E-state index >= 15 is 0 Å². The molecular formula is C21H29N3O8. The van der Waals surface area contributed by atoms with Gasteiger partial charge in [0.25, 0.3) is 0 Å². The fraction of sp³-hybridized carbons (Fsp3) is 0.524. The summed E-state index contributed by atoms with van der Waals surface area (Å²) in [5.74, 6) is -2.84. The number of ether oxygens (including phenoxy) is 2. The number of aliphatic carboxylic acids is 1. The van der Waals surface area contributed by atoms with E-state index in [2.05, 4.69) is 10.6 Å². The fourth-order valence-corrected chi connectivity index (χ4v) is 3.14. The summed E-state index contributed by atoms with van der Waals surface area (Å²) in [6.07, 6.45) is -1.57. The van der Waals surface area contributed by atoms with Gasteiger partial charge in [0, 0.05) is 25.8 Å². The van der Waals surface area contributed by atoms with E-state index < -0.39 is 30.1 Å². The molecule has 1 aromatic rings. The molecule has 0 radical (unpaired) electrons. The second kappa shape index (κ2) is 12.2. The number of carboxylic acids is 1. The van der Waals surface area contributed by atoms with Crippen LogP contribution in [0.3, 0.4) is 0 Å². The highest BCUT2D eigenvalue weighted by Crippen LogP contribution is 2.18. The van der Waals surface area contributed by atoms with Crippen molar-refractivity contribution in [2.24, 2.45) is 0 Å². The van der Waals surface area contributed by atoms with Crippen LogP contribution in [-0.4, -0.2) is 97.3 Å². The molecule has 1 saturated heterocycles. The summed E-state index contributed by atoms with van der Waals surface area (Å²) in [6.45, 7) is 3.69. The molecule has 1 heterocycles. The number of carbonyl (C=O) groups excluding carboxylic acids is 3. The number of rotatable bonds is 11. The van der Waals surface area contributed by atoms with Crippen LogP contribution >= 0.6 is 0 Å². The average molecular weight is 451 g/mol. The number of ketones is 1. The molecule has 3 atom stereocenters. The molecule has 0 spiro atoms. The van der Waals surface area contributed by atoms with E-state index in [4.69, 9.17) is 9.47 Å². The zero-order valence-corrected chi connectivity index (χ0v) is 18.1. The maximum atomic E-state index is 12.4. The molecule has 0 aliphatic carbocycles. The summed E-state index contributed by atoms with van der Waals surface area (Å²) in [6, 6.07) is 3.03. The minimum Gasteiger partial charge on any atom is -0.480 e. The van der Waals surface area contributed by atoms with Crippen molar-refractivity contribution in [3.05, 3.63) is 35.4 Å². The molecule has 176 valence electrons. The van der Waals surface area contributed by atoms with E-state index in [0.29, 0.717) is 31.9 Å². The zero-order valence-electron chi connectivity index (χ0n) is 18.1. The van der Waals surface area contributed by atoms with Gasteiger partial charge in [0.1, 0.15) is 18.8 Å². The molecule has 0 saturated carbocycles. The highest BCUT2D eigenvalue weighted by Gasteiger charge is 2.31. The van der Waals surface area contributed by atoms with E-state index in [1.165, 1.54) is 38.3 Å². The Morgan fingerprint density at radius 1 is 1.12 bits per heavy atom. The number of hydrogen-bond acceptors (Lipinski definition) is 8. The summed E-state index contributed by atoms with van der Waals surface area (Å²) in [5.41, 5.74) is 0.547. The first-order chi connectivity index (χ1) is 15.2. The lowest BCUT2D eigenvalue weighted by Gasteiger charge is -2.27. The van der Waals surface area contributed by atoms with Gasteiger partial charge in [-0.2, -0.15) is 0 Å². The number of carbonyl (C=O) groups is 4. The maximum Gasteiger partial charge on any atom is 0.329 e. The molecule has 2 rings (SSSR count). The molecule has 11 nitrogen and oxygen atoms in total. The van der Waals surface area contributed by atoms with Crippen LogP contribution in [0.25, 0.3) is 0 Å². The number of carboxylic acid groups (broad SMARTS) is 1. The van der Waals surface area contributed by atoms with Crippen molar-refractivity contribution in [3.63, 3.8) is 0 Å². The van der Waals surface area contributed by atoms with Gasteiger partial charge < -0.3 is 30.3 Å². The van der Waals surface area contributed by atoms with Gasteiger partial charge in [-0.25, -0.2) is 4.79 Å². The molecule has 2 amide bonds. The highest BCUT2D eigenvalue weighted by atomic mass is 16.5. The fourth-order valence-electron chi connectivity index (χ4n) is 3.14. The Balaban J connectivity index is 1.95. The second-order valence-corrected chi connectivity index (χ2v) is 7.43. The SMILES string of the molecule is COCC(=O)c1ccc([C@@H](O)[C@H](NC(=O)[C@H](C)NC(=O)CN2CCOCC2)C(=O)O)cc1. The summed E-state index contributed by atoms with van der Waals surface area (Å²) in [7, 11) is 1.39. The lowest BCUT2D eigenvalue weighted by Crippen LogP contribution is -2.53. The number of nitrogens with zero attached hydrogens (tertiary/aromatic N) is 1. The highest BCUT2D eigenvalue weighted by molar-refractivity contribution is 5.97. The number of Topliss-reactive ketones (excluding diaryl/α,β-unsaturated/α-hetero) is 1. The molecule has 4 N–H and O–H groups in total. The molecule has 1 aromatic carbocycles. The van der Waals surface area contributed by atoms with Crippen molar-refractivity contribution in [3.8, 4) is 0 Å². The van der Waals surface area contributed by atoms with Crippen LogP contribution in [0.2, 0.25) is 0 Å². The van der Waals surface area contributed by atoms with E-state index in [9.17, 15) is 29.4 Å². The van der Waals surface area contributed by atoms with E-state index in [1.807, 2.05) is 4.90 Å². The Morgan fingerprint density at radius 3 is 2.31 bits per heavy atom. The normalized spacial score (nSPS) is 17.1. The summed E-state index contributed by atoms with van der Waals surface area (Å²) >= 11 is 0. The van der Waals surface area contributed by atoms with Crippen molar-refractivity contribution in [1.82, 2.24) is 15.5 Å². The predicted octanol–water partition coefficient (Wildman–Crippen LogP) is -1.04. The lowest BCUT2D eigenvalue weighted by atomic mass is 9.99. The van der Waals surface area contributed by atoms with Crippen molar-refractivity contribution in [2.45, 2.75) is 25.1 Å². The molecule has 11 heteroatoms. The first-order valence-corrected chi connectivity index (χ1v) is 10.2. The predicted molar refractivity (Wildman–Crippen MR) is 112 cm³/mol. The van der Waals surface area contributed by atoms with E-state index in [-0.39, 0.29) is 30.4 Å². The lowest BCUT2D eigenvalue weighted by molar-refractivity contribution is -0.145. The first kappa shape index (κ1) is 25.4. The Hall–Kier alpha value is -2.86. The van der Waals surface area contributed by atoms with Crippen LogP contribution in [0.15, 0.2) is 24.3 Å². The third kappa shape index (κ3) is 7.38. The summed E-state index contributed by atoms with van der Waals surface area (Å²) in [4.78, 5) is 50.0. The van der Waals surface area contributed by atoms with Gasteiger partial charge >= 0.3 is 5.97 Å². The third-order valence-electron chi connectivity index (χ3n) is 4.97. The smallest absolute Gasteiger partial charge is 0.329 e. The van der Waals surface area contributed by atoms with Crippen molar-refractivity contribution in [2.75, 3.05) is 46.6 Å². The number of amides is 2. The van der Waals surface area contributed by atoms with Crippen molar-refractivity contribution < 1.29 is 38.9 Å². The number of nitrogens with one attached hydrogen (secondary N) is 2. The Bertz CT molecular complexity index is 808. The molecule has 0 aromatic heterocycles. The number of morpholine rings is 1. The number of methoxy groups -OCH3 is 1. The van der Waals surface area contributed by atoms with E-state index in [0.717, 1.165) is 0 Å². The molecule has 1 fully saturated rings. The molecule has 1 aliphatic heterocycles. The molecule has 32 heavy (non-hydrogen) atoms. The Morgan fingerprint density at radius 2 is 1.75 bits per heavy atom. The summed E-state index contributed by atoms with van der Waals surface area (Å²) in [5, 5.41) is 24.8. The largest absolute Gasteiger partial charge is 0.480 e. The zero-order chi connectivity index (χ0) is 23.7. The van der Waals surface area contributed by atoms with Gasteiger partial charge in [0.15, 0.2) is 11.8 Å². The van der Waals surface area contributed by atoms with Crippen LogP contribution in [-0.2, 0) is 23.9 Å². The monoisotopic (exact) mass is 451 g/mol. The maximum absolute atomic E-state index is 12.4. The Labute approximate surface area is 185 Å². The Kier molecular flexibility index (Phi) is 9.72. The number of hydrogen-bond donors (Lipinski definition) is 4. The minimum absolute atomic E-state index is 0.0973. The van der Waals surface area contributed by atoms with Crippen molar-refractivity contribution >= 4 is 23.6 Å². The number of aliphatic hydroxyl groups is 1.